The first-order valence-corrected chi connectivity index (χ1v) is 10.6. The lowest BCUT2D eigenvalue weighted by Gasteiger charge is -2.19. The van der Waals surface area contributed by atoms with E-state index >= 15 is 0 Å². The largest absolute Gasteiger partial charge is 0.365 e. The molecule has 0 saturated carbocycles. The lowest BCUT2D eigenvalue weighted by Crippen LogP contribution is -2.21. The first-order chi connectivity index (χ1) is 16.6. The molecule has 166 valence electrons. The third kappa shape index (κ3) is 3.96. The van der Waals surface area contributed by atoms with Crippen LogP contribution in [-0.2, 0) is 6.54 Å². The maximum absolute atomic E-state index is 13.4. The number of nitrogens with zero attached hydrogens (tertiary/aromatic N) is 6. The molecule has 2 aromatic carbocycles. The van der Waals surface area contributed by atoms with Crippen molar-refractivity contribution in [3.05, 3.63) is 96.1 Å². The Morgan fingerprint density at radius 3 is 2.79 bits per heavy atom. The van der Waals surface area contributed by atoms with E-state index in [0.717, 1.165) is 16.8 Å². The second-order valence-corrected chi connectivity index (χ2v) is 7.74. The first kappa shape index (κ1) is 20.9. The van der Waals surface area contributed by atoms with Crippen molar-refractivity contribution in [2.45, 2.75) is 6.54 Å². The quantitative estimate of drug-likeness (QED) is 0.407. The number of carbonyl (C=O) groups is 1. The van der Waals surface area contributed by atoms with E-state index in [2.05, 4.69) is 31.7 Å². The molecule has 3 heterocycles. The fourth-order valence-corrected chi connectivity index (χ4v) is 3.84. The first-order valence-electron chi connectivity index (χ1n) is 10.6. The molecule has 0 saturated heterocycles. The molecule has 0 aliphatic rings. The molecule has 3 aromatic heterocycles. The number of benzene rings is 2. The Morgan fingerprint density at radius 1 is 1.18 bits per heavy atom. The SMILES string of the molecule is CN(Cc1ccccc1)c1c(C(=O)Nc2cccc(C#N)c2)nn2c(-c3cn[nH]c3)ccnc12. The van der Waals surface area contributed by atoms with Crippen LogP contribution in [0.15, 0.2) is 79.3 Å². The standard InChI is InChI=1S/C25H20N8O/c1-32(16-17-6-3-2-4-7-17)23-22(25(34)30-20-9-5-8-18(12-20)13-26)31-33-21(10-11-27-24(23)33)19-14-28-29-15-19/h2-12,14-15H,16H2,1H3,(H,28,29)(H,30,34). The Kier molecular flexibility index (Phi) is 5.46. The minimum atomic E-state index is -0.395. The van der Waals surface area contributed by atoms with Gasteiger partial charge in [-0.15, -0.1) is 0 Å². The van der Waals surface area contributed by atoms with Crippen LogP contribution in [0.5, 0.6) is 0 Å². The van der Waals surface area contributed by atoms with Gasteiger partial charge >= 0.3 is 0 Å². The third-order valence-corrected chi connectivity index (χ3v) is 5.40. The van der Waals surface area contributed by atoms with E-state index in [9.17, 15) is 10.1 Å². The van der Waals surface area contributed by atoms with Gasteiger partial charge in [0.25, 0.3) is 5.91 Å². The molecular formula is C25H20N8O. The van der Waals surface area contributed by atoms with Crippen molar-refractivity contribution in [3.8, 4) is 17.3 Å². The van der Waals surface area contributed by atoms with Crippen LogP contribution in [0.2, 0.25) is 0 Å². The van der Waals surface area contributed by atoms with Crippen LogP contribution in [-0.4, -0.2) is 37.8 Å². The zero-order valence-corrected chi connectivity index (χ0v) is 18.3. The number of aromatic amines is 1. The summed E-state index contributed by atoms with van der Waals surface area (Å²) in [4.78, 5) is 19.9. The predicted octanol–water partition coefficient (Wildman–Crippen LogP) is 3.88. The number of amides is 1. The summed E-state index contributed by atoms with van der Waals surface area (Å²) in [5.41, 5.74) is 5.00. The Morgan fingerprint density at radius 2 is 2.03 bits per heavy atom. The van der Waals surface area contributed by atoms with Gasteiger partial charge in [0.2, 0.25) is 0 Å². The molecule has 0 fully saturated rings. The third-order valence-electron chi connectivity index (χ3n) is 5.40. The van der Waals surface area contributed by atoms with Crippen LogP contribution in [0, 0.1) is 11.3 Å². The second kappa shape index (κ2) is 8.88. The highest BCUT2D eigenvalue weighted by atomic mass is 16.2. The lowest BCUT2D eigenvalue weighted by molar-refractivity contribution is 0.102. The number of rotatable bonds is 6. The van der Waals surface area contributed by atoms with Crippen LogP contribution in [0.1, 0.15) is 21.6 Å². The summed E-state index contributed by atoms with van der Waals surface area (Å²) in [5.74, 6) is -0.395. The van der Waals surface area contributed by atoms with Crippen molar-refractivity contribution < 1.29 is 4.79 Å². The van der Waals surface area contributed by atoms with Crippen LogP contribution >= 0.6 is 0 Å². The van der Waals surface area contributed by atoms with Gasteiger partial charge in [-0.25, -0.2) is 9.50 Å². The molecule has 2 N–H and O–H groups in total. The van der Waals surface area contributed by atoms with Gasteiger partial charge in [0.1, 0.15) is 5.69 Å². The van der Waals surface area contributed by atoms with E-state index < -0.39 is 5.91 Å². The summed E-state index contributed by atoms with van der Waals surface area (Å²) in [5, 5.41) is 23.6. The topological polar surface area (TPSA) is 115 Å². The van der Waals surface area contributed by atoms with E-state index in [1.54, 1.807) is 47.4 Å². The molecule has 0 aliphatic heterocycles. The lowest BCUT2D eigenvalue weighted by atomic mass is 10.2. The average molecular weight is 448 g/mol. The van der Waals surface area contributed by atoms with Crippen molar-refractivity contribution in [2.75, 3.05) is 17.3 Å². The highest BCUT2D eigenvalue weighted by molar-refractivity contribution is 6.09. The number of nitrogens with one attached hydrogen (secondary N) is 2. The maximum Gasteiger partial charge on any atom is 0.278 e. The molecule has 0 bridgehead atoms. The molecular weight excluding hydrogens is 428 g/mol. The van der Waals surface area contributed by atoms with Gasteiger partial charge in [0.05, 0.1) is 23.5 Å². The average Bonchev–Trinajstić information content (AvgIpc) is 3.53. The molecule has 9 nitrogen and oxygen atoms in total. The molecule has 0 unspecified atom stereocenters. The molecule has 0 radical (unpaired) electrons. The normalized spacial score (nSPS) is 10.7. The highest BCUT2D eigenvalue weighted by Gasteiger charge is 2.25. The molecule has 0 atom stereocenters. The van der Waals surface area contributed by atoms with Crippen LogP contribution in [0.4, 0.5) is 11.4 Å². The fourth-order valence-electron chi connectivity index (χ4n) is 3.84. The van der Waals surface area contributed by atoms with Crippen LogP contribution < -0.4 is 10.2 Å². The van der Waals surface area contributed by atoms with E-state index in [1.807, 2.05) is 48.3 Å². The van der Waals surface area contributed by atoms with Gasteiger partial charge in [-0.05, 0) is 29.8 Å². The molecule has 5 rings (SSSR count). The zero-order chi connectivity index (χ0) is 23.5. The Labute approximate surface area is 195 Å². The number of hydrogen-bond acceptors (Lipinski definition) is 6. The van der Waals surface area contributed by atoms with Crippen molar-refractivity contribution in [3.63, 3.8) is 0 Å². The van der Waals surface area contributed by atoms with Crippen molar-refractivity contribution in [1.82, 2.24) is 24.8 Å². The molecule has 0 aliphatic carbocycles. The number of hydrogen-bond donors (Lipinski definition) is 2. The van der Waals surface area contributed by atoms with Gasteiger partial charge < -0.3 is 10.2 Å². The van der Waals surface area contributed by atoms with E-state index in [-0.39, 0.29) is 5.69 Å². The number of H-pyrrole nitrogens is 1. The molecule has 5 aromatic rings. The van der Waals surface area contributed by atoms with Crippen molar-refractivity contribution in [1.29, 1.82) is 5.26 Å². The molecule has 1 amide bonds. The van der Waals surface area contributed by atoms with Crippen molar-refractivity contribution in [2.24, 2.45) is 0 Å². The number of carbonyl (C=O) groups excluding carboxylic acids is 1. The zero-order valence-electron chi connectivity index (χ0n) is 18.3. The summed E-state index contributed by atoms with van der Waals surface area (Å²) in [6.07, 6.45) is 5.14. The molecule has 0 spiro atoms. The maximum atomic E-state index is 13.4. The van der Waals surface area contributed by atoms with Gasteiger partial charge in [0, 0.05) is 37.2 Å². The van der Waals surface area contributed by atoms with Crippen LogP contribution in [0.25, 0.3) is 16.9 Å². The summed E-state index contributed by atoms with van der Waals surface area (Å²) in [7, 11) is 1.91. The highest BCUT2D eigenvalue weighted by Crippen LogP contribution is 2.30. The van der Waals surface area contributed by atoms with Gasteiger partial charge in [-0.2, -0.15) is 15.5 Å². The minimum absolute atomic E-state index is 0.226. The van der Waals surface area contributed by atoms with Crippen molar-refractivity contribution >= 4 is 22.9 Å². The molecule has 9 heteroatoms. The number of fused-ring (bicyclic) bond motifs is 1. The Hall–Kier alpha value is -4.97. The van der Waals surface area contributed by atoms with Gasteiger partial charge in [-0.1, -0.05) is 36.4 Å². The smallest absolute Gasteiger partial charge is 0.278 e. The summed E-state index contributed by atoms with van der Waals surface area (Å²) < 4.78 is 1.66. The Balaban J connectivity index is 1.61. The van der Waals surface area contributed by atoms with E-state index in [4.69, 9.17) is 0 Å². The monoisotopic (exact) mass is 448 g/mol. The summed E-state index contributed by atoms with van der Waals surface area (Å²) >= 11 is 0. The number of aromatic nitrogens is 5. The van der Waals surface area contributed by atoms with Crippen LogP contribution in [0.3, 0.4) is 0 Å². The summed E-state index contributed by atoms with van der Waals surface area (Å²) in [6.45, 7) is 0.560. The van der Waals surface area contributed by atoms with E-state index in [0.29, 0.717) is 29.1 Å². The minimum Gasteiger partial charge on any atom is -0.365 e. The second-order valence-electron chi connectivity index (χ2n) is 7.74. The fraction of sp³-hybridized carbons (Fsp3) is 0.0800. The summed E-state index contributed by atoms with van der Waals surface area (Å²) in [6, 6.07) is 20.6. The molecule has 34 heavy (non-hydrogen) atoms. The van der Waals surface area contributed by atoms with Gasteiger partial charge in [-0.3, -0.25) is 9.89 Å². The number of anilines is 2. The van der Waals surface area contributed by atoms with E-state index in [1.165, 1.54) is 0 Å². The number of nitriles is 1. The Bertz CT molecular complexity index is 1500. The van der Waals surface area contributed by atoms with Gasteiger partial charge in [0.15, 0.2) is 11.3 Å². The predicted molar refractivity (Wildman–Crippen MR) is 128 cm³/mol.